The summed E-state index contributed by atoms with van der Waals surface area (Å²) >= 11 is 0. The van der Waals surface area contributed by atoms with E-state index in [2.05, 4.69) is 170 Å². The maximum Gasteiger partial charge on any atom is 0.164 e. The zero-order chi connectivity index (χ0) is 43.7. The molecule has 0 fully saturated rings. The molecule has 0 atom stereocenters. The second kappa shape index (κ2) is 13.8. The summed E-state index contributed by atoms with van der Waals surface area (Å²) in [5, 5.41) is 5.40. The summed E-state index contributed by atoms with van der Waals surface area (Å²) in [5.74, 6) is 1.83. The Morgan fingerprint density at radius 3 is 2.06 bits per heavy atom. The fourth-order valence-electron chi connectivity index (χ4n) is 11.1. The number of fused-ring (bicyclic) bond motifs is 12. The van der Waals surface area contributed by atoms with Crippen molar-refractivity contribution in [1.82, 2.24) is 19.5 Å². The number of hydrogen-bond donors (Lipinski definition) is 0. The quantitative estimate of drug-likeness (QED) is 0.173. The second-order valence-corrected chi connectivity index (χ2v) is 18.2. The van der Waals surface area contributed by atoms with Crippen LogP contribution in [-0.4, -0.2) is 19.5 Å². The van der Waals surface area contributed by atoms with Gasteiger partial charge in [-0.15, -0.1) is 0 Å². The van der Waals surface area contributed by atoms with Crippen molar-refractivity contribution in [1.29, 1.82) is 0 Å². The minimum Gasteiger partial charge on any atom is -0.456 e. The van der Waals surface area contributed by atoms with Gasteiger partial charge in [-0.3, -0.25) is 0 Å². The smallest absolute Gasteiger partial charge is 0.164 e. The van der Waals surface area contributed by atoms with Gasteiger partial charge < -0.3 is 13.4 Å². The molecule has 0 unspecified atom stereocenters. The van der Waals surface area contributed by atoms with Crippen LogP contribution in [0.15, 0.2) is 185 Å². The van der Waals surface area contributed by atoms with Crippen LogP contribution in [0.1, 0.15) is 42.7 Å². The molecule has 0 N–H and O–H groups in total. The maximum absolute atomic E-state index is 6.89. The molecule has 2 aliphatic rings. The van der Waals surface area contributed by atoms with Crippen molar-refractivity contribution in [3.8, 4) is 62.1 Å². The number of allylic oxidation sites excluding steroid dienone is 1. The van der Waals surface area contributed by atoms with Crippen molar-refractivity contribution in [2.45, 2.75) is 32.1 Å². The highest BCUT2D eigenvalue weighted by Crippen LogP contribution is 2.50. The number of aromatic nitrogens is 4. The first-order valence-electron chi connectivity index (χ1n) is 22.7. The molecule has 2 aliphatic carbocycles. The van der Waals surface area contributed by atoms with E-state index in [9.17, 15) is 0 Å². The highest BCUT2D eigenvalue weighted by molar-refractivity contribution is 6.17. The SMILES string of the molecule is CC1(C)c2ccccc2-c2ccc(-c3nc(-c4ccccc4)nc(-c4cccc5oc6ccc(-c7cccc8oc9c(-n%10c%11c(c%12ccccc%12%10)CCC=C%11)cccc9c78)cc6c45)n3)cc21. The van der Waals surface area contributed by atoms with Crippen LogP contribution in [0.2, 0.25) is 0 Å². The molecule has 8 aromatic carbocycles. The van der Waals surface area contributed by atoms with Crippen molar-refractivity contribution in [3.63, 3.8) is 0 Å². The van der Waals surface area contributed by atoms with Crippen LogP contribution in [0.3, 0.4) is 0 Å². The molecule has 0 bridgehead atoms. The van der Waals surface area contributed by atoms with E-state index in [0.717, 1.165) is 90.2 Å². The number of hydrogen-bond acceptors (Lipinski definition) is 5. The van der Waals surface area contributed by atoms with Crippen LogP contribution in [0.4, 0.5) is 0 Å². The Morgan fingerprint density at radius 2 is 1.17 bits per heavy atom. The molecule has 14 rings (SSSR count). The summed E-state index contributed by atoms with van der Waals surface area (Å²) in [6.45, 7) is 4.60. The van der Waals surface area contributed by atoms with E-state index in [1.165, 1.54) is 44.4 Å². The monoisotopic (exact) mass is 848 g/mol. The zero-order valence-corrected chi connectivity index (χ0v) is 36.3. The Morgan fingerprint density at radius 1 is 0.485 bits per heavy atom. The maximum atomic E-state index is 6.89. The van der Waals surface area contributed by atoms with E-state index in [-0.39, 0.29) is 5.41 Å². The lowest BCUT2D eigenvalue weighted by atomic mass is 9.82. The van der Waals surface area contributed by atoms with Crippen molar-refractivity contribution in [2.24, 2.45) is 0 Å². The minimum atomic E-state index is -0.164. The van der Waals surface area contributed by atoms with E-state index >= 15 is 0 Å². The van der Waals surface area contributed by atoms with Gasteiger partial charge in [0.25, 0.3) is 0 Å². The lowest BCUT2D eigenvalue weighted by Gasteiger charge is -2.21. The molecule has 4 heterocycles. The fraction of sp³-hybridized carbons (Fsp3) is 0.0833. The summed E-state index contributed by atoms with van der Waals surface area (Å²) < 4.78 is 15.9. The van der Waals surface area contributed by atoms with Crippen molar-refractivity contribution in [2.75, 3.05) is 0 Å². The van der Waals surface area contributed by atoms with Gasteiger partial charge in [-0.25, -0.2) is 15.0 Å². The van der Waals surface area contributed by atoms with Crippen LogP contribution in [0, 0.1) is 0 Å². The molecule has 0 aliphatic heterocycles. The highest BCUT2D eigenvalue weighted by Gasteiger charge is 2.35. The predicted molar refractivity (Wildman–Crippen MR) is 268 cm³/mol. The number of nitrogens with zero attached hydrogens (tertiary/aromatic N) is 4. The molecule has 4 aromatic heterocycles. The van der Waals surface area contributed by atoms with E-state index in [0.29, 0.717) is 17.5 Å². The minimum absolute atomic E-state index is 0.164. The third-order valence-electron chi connectivity index (χ3n) is 14.2. The number of aryl methyl sites for hydroxylation is 1. The van der Waals surface area contributed by atoms with Gasteiger partial charge >= 0.3 is 0 Å². The van der Waals surface area contributed by atoms with Crippen molar-refractivity contribution < 1.29 is 8.83 Å². The molecule has 0 saturated carbocycles. The van der Waals surface area contributed by atoms with Gasteiger partial charge in [0.1, 0.15) is 16.7 Å². The molecule has 0 radical (unpaired) electrons. The predicted octanol–water partition coefficient (Wildman–Crippen LogP) is 15.5. The normalized spacial score (nSPS) is 13.8. The lowest BCUT2D eigenvalue weighted by Crippen LogP contribution is -2.15. The summed E-state index contributed by atoms with van der Waals surface area (Å²) in [4.78, 5) is 15.7. The van der Waals surface area contributed by atoms with Crippen LogP contribution in [-0.2, 0) is 11.8 Å². The van der Waals surface area contributed by atoms with Crippen LogP contribution >= 0.6 is 0 Å². The topological polar surface area (TPSA) is 69.9 Å². The first kappa shape index (κ1) is 37.1. The summed E-state index contributed by atoms with van der Waals surface area (Å²) in [6, 6.07) is 59.9. The molecule has 12 aromatic rings. The highest BCUT2D eigenvalue weighted by atomic mass is 16.3. The summed E-state index contributed by atoms with van der Waals surface area (Å²) in [6.07, 6.45) is 6.63. The van der Waals surface area contributed by atoms with Gasteiger partial charge in [0, 0.05) is 54.7 Å². The average Bonchev–Trinajstić information content (AvgIpc) is 4.10. The molecular formula is C60H40N4O2. The van der Waals surface area contributed by atoms with E-state index < -0.39 is 0 Å². The van der Waals surface area contributed by atoms with Crippen LogP contribution in [0.25, 0.3) is 123 Å². The van der Waals surface area contributed by atoms with Crippen LogP contribution in [0.5, 0.6) is 0 Å². The largest absolute Gasteiger partial charge is 0.456 e. The fourth-order valence-corrected chi connectivity index (χ4v) is 11.1. The van der Waals surface area contributed by atoms with Gasteiger partial charge in [0.15, 0.2) is 23.1 Å². The van der Waals surface area contributed by atoms with E-state index in [4.69, 9.17) is 23.8 Å². The lowest BCUT2D eigenvalue weighted by molar-refractivity contribution is 0.660. The second-order valence-electron chi connectivity index (χ2n) is 18.2. The van der Waals surface area contributed by atoms with Gasteiger partial charge in [-0.1, -0.05) is 147 Å². The van der Waals surface area contributed by atoms with E-state index in [1.54, 1.807) is 0 Å². The van der Waals surface area contributed by atoms with Crippen molar-refractivity contribution >= 4 is 60.9 Å². The molecule has 6 heteroatoms. The van der Waals surface area contributed by atoms with Crippen LogP contribution < -0.4 is 0 Å². The van der Waals surface area contributed by atoms with Gasteiger partial charge in [-0.2, -0.15) is 0 Å². The van der Waals surface area contributed by atoms with Gasteiger partial charge in [0.05, 0.1) is 11.2 Å². The zero-order valence-electron chi connectivity index (χ0n) is 36.3. The molecule has 6 nitrogen and oxygen atoms in total. The summed E-state index contributed by atoms with van der Waals surface area (Å²) in [5.41, 5.74) is 18.0. The molecule has 0 amide bonds. The third-order valence-corrected chi connectivity index (χ3v) is 14.2. The average molecular weight is 849 g/mol. The Balaban J connectivity index is 0.942. The van der Waals surface area contributed by atoms with E-state index in [1.807, 2.05) is 30.3 Å². The molecule has 66 heavy (non-hydrogen) atoms. The number of benzene rings is 8. The number of rotatable bonds is 5. The van der Waals surface area contributed by atoms with Gasteiger partial charge in [-0.05, 0) is 100 Å². The Labute approximate surface area is 380 Å². The molecule has 0 spiro atoms. The number of furan rings is 2. The van der Waals surface area contributed by atoms with Gasteiger partial charge in [0.2, 0.25) is 0 Å². The molecule has 0 saturated heterocycles. The Hall–Kier alpha value is -8.35. The first-order valence-corrected chi connectivity index (χ1v) is 22.7. The third kappa shape index (κ3) is 5.33. The standard InChI is InChI=1S/C60H40N4O2/c1-60(2)46-23-9-6-17-39(46)40-31-29-37(34-47(40)60)58-61-57(35-15-4-3-5-16-35)62-59(63-58)44-22-14-27-52-55(44)45-33-36(30-32-51(45)65-52)38-20-13-28-53-54(38)43-21-12-26-50(56(43)66-53)64-48-24-10-7-18-41(48)42-19-8-11-25-49(42)64/h3-7,9-18,20-34H,8,19H2,1-2H3. The Bertz CT molecular complexity index is 4030. The molecular weight excluding hydrogens is 809 g/mol. The number of para-hydroxylation sites is 2. The Kier molecular flexibility index (Phi) is 7.76. The first-order chi connectivity index (χ1) is 32.5. The van der Waals surface area contributed by atoms with Crippen molar-refractivity contribution in [3.05, 3.63) is 198 Å². The molecule has 312 valence electrons. The summed E-state index contributed by atoms with van der Waals surface area (Å²) in [7, 11) is 0.